The molecule has 6 nitrogen and oxygen atoms in total. The molecule has 0 aliphatic rings. The lowest BCUT2D eigenvalue weighted by atomic mass is 10.3. The molecule has 0 aromatic carbocycles. The van der Waals surface area contributed by atoms with Crippen molar-refractivity contribution in [1.29, 1.82) is 0 Å². The molecule has 1 aromatic rings. The molecule has 2 N–H and O–H groups in total. The molecule has 0 saturated heterocycles. The van der Waals surface area contributed by atoms with Gasteiger partial charge in [-0.15, -0.1) is 0 Å². The fraction of sp³-hybridized carbons (Fsp3) is 0.545. The molecule has 0 saturated carbocycles. The summed E-state index contributed by atoms with van der Waals surface area (Å²) in [5, 5.41) is 15.5. The number of carbonyl (C=O) groups is 2. The Hall–Kier alpha value is -1.85. The highest BCUT2D eigenvalue weighted by Gasteiger charge is 2.14. The van der Waals surface area contributed by atoms with Crippen LogP contribution in [0.25, 0.3) is 0 Å². The van der Waals surface area contributed by atoms with Gasteiger partial charge in [0, 0.05) is 6.54 Å². The Bertz CT molecular complexity index is 412. The minimum absolute atomic E-state index is 0.0584. The van der Waals surface area contributed by atoms with E-state index in [2.05, 4.69) is 10.4 Å². The SMILES string of the molecule is CCCCNC(=O)Cn1ncc(C(=O)O)c1C. The van der Waals surface area contributed by atoms with Crippen LogP contribution in [0.15, 0.2) is 6.20 Å². The zero-order chi connectivity index (χ0) is 12.8. The predicted molar refractivity (Wildman–Crippen MR) is 61.8 cm³/mol. The van der Waals surface area contributed by atoms with Crippen LogP contribution >= 0.6 is 0 Å². The summed E-state index contributed by atoms with van der Waals surface area (Å²) in [5.41, 5.74) is 0.620. The topological polar surface area (TPSA) is 84.2 Å². The van der Waals surface area contributed by atoms with Crippen LogP contribution in [0.3, 0.4) is 0 Å². The molecular formula is C11H17N3O3. The van der Waals surface area contributed by atoms with Crippen molar-refractivity contribution in [3.05, 3.63) is 17.5 Å². The van der Waals surface area contributed by atoms with Crippen LogP contribution in [-0.4, -0.2) is 33.3 Å². The van der Waals surface area contributed by atoms with Crippen molar-refractivity contribution in [1.82, 2.24) is 15.1 Å². The molecule has 0 atom stereocenters. The van der Waals surface area contributed by atoms with E-state index in [-0.39, 0.29) is 18.0 Å². The minimum atomic E-state index is -1.03. The predicted octanol–water partition coefficient (Wildman–Crippen LogP) is 0.806. The minimum Gasteiger partial charge on any atom is -0.478 e. The standard InChI is InChI=1S/C11H17N3O3/c1-3-4-5-12-10(15)7-14-8(2)9(6-13-14)11(16)17/h6H,3-5,7H2,1-2H3,(H,12,15)(H,16,17). The maximum atomic E-state index is 11.5. The summed E-state index contributed by atoms with van der Waals surface area (Å²) in [4.78, 5) is 22.3. The summed E-state index contributed by atoms with van der Waals surface area (Å²) < 4.78 is 1.39. The van der Waals surface area contributed by atoms with Crippen LogP contribution < -0.4 is 5.32 Å². The average Bonchev–Trinajstić information content (AvgIpc) is 2.61. The number of aromatic carboxylic acids is 1. The number of carboxylic acid groups (broad SMARTS) is 1. The van der Waals surface area contributed by atoms with Crippen LogP contribution in [0, 0.1) is 6.92 Å². The van der Waals surface area contributed by atoms with Crippen molar-refractivity contribution in [2.24, 2.45) is 0 Å². The number of nitrogens with zero attached hydrogens (tertiary/aromatic N) is 2. The van der Waals surface area contributed by atoms with Gasteiger partial charge in [-0.2, -0.15) is 5.10 Å². The summed E-state index contributed by atoms with van der Waals surface area (Å²) in [5.74, 6) is -1.18. The van der Waals surface area contributed by atoms with E-state index in [1.54, 1.807) is 6.92 Å². The van der Waals surface area contributed by atoms with E-state index in [1.807, 2.05) is 6.92 Å². The number of aromatic nitrogens is 2. The van der Waals surface area contributed by atoms with Crippen LogP contribution in [0.1, 0.15) is 35.8 Å². The number of carbonyl (C=O) groups excluding carboxylic acids is 1. The third-order valence-corrected chi connectivity index (χ3v) is 2.48. The number of hydrogen-bond acceptors (Lipinski definition) is 3. The van der Waals surface area contributed by atoms with Gasteiger partial charge in [-0.1, -0.05) is 13.3 Å². The van der Waals surface area contributed by atoms with Gasteiger partial charge in [0.1, 0.15) is 12.1 Å². The molecule has 1 heterocycles. The van der Waals surface area contributed by atoms with Gasteiger partial charge >= 0.3 is 5.97 Å². The van der Waals surface area contributed by atoms with Gasteiger partial charge in [0.2, 0.25) is 5.91 Å². The third-order valence-electron chi connectivity index (χ3n) is 2.48. The monoisotopic (exact) mass is 239 g/mol. The Morgan fingerprint density at radius 1 is 1.53 bits per heavy atom. The smallest absolute Gasteiger partial charge is 0.339 e. The second-order valence-corrected chi connectivity index (χ2v) is 3.81. The molecule has 0 aliphatic carbocycles. The highest BCUT2D eigenvalue weighted by molar-refractivity contribution is 5.88. The number of rotatable bonds is 6. The van der Waals surface area contributed by atoms with Gasteiger partial charge in [-0.3, -0.25) is 9.48 Å². The molecule has 1 aromatic heterocycles. The fourth-order valence-electron chi connectivity index (χ4n) is 1.41. The zero-order valence-corrected chi connectivity index (χ0v) is 10.1. The van der Waals surface area contributed by atoms with Crippen molar-refractivity contribution >= 4 is 11.9 Å². The number of unbranched alkanes of at least 4 members (excludes halogenated alkanes) is 1. The molecule has 0 aliphatic heterocycles. The average molecular weight is 239 g/mol. The van der Waals surface area contributed by atoms with Crippen molar-refractivity contribution in [2.75, 3.05) is 6.54 Å². The number of carboxylic acids is 1. The molecule has 0 fully saturated rings. The van der Waals surface area contributed by atoms with E-state index in [1.165, 1.54) is 10.9 Å². The first kappa shape index (κ1) is 13.2. The van der Waals surface area contributed by atoms with E-state index < -0.39 is 5.97 Å². The molecular weight excluding hydrogens is 222 g/mol. The summed E-state index contributed by atoms with van der Waals surface area (Å²) in [6, 6.07) is 0. The van der Waals surface area contributed by atoms with E-state index in [9.17, 15) is 9.59 Å². The zero-order valence-electron chi connectivity index (χ0n) is 10.1. The molecule has 0 radical (unpaired) electrons. The van der Waals surface area contributed by atoms with Gasteiger partial charge in [-0.05, 0) is 13.3 Å². The summed E-state index contributed by atoms with van der Waals surface area (Å²) >= 11 is 0. The first-order valence-corrected chi connectivity index (χ1v) is 5.58. The van der Waals surface area contributed by atoms with Gasteiger partial charge < -0.3 is 10.4 Å². The molecule has 1 amide bonds. The first-order valence-electron chi connectivity index (χ1n) is 5.58. The lowest BCUT2D eigenvalue weighted by Crippen LogP contribution is -2.29. The summed E-state index contributed by atoms with van der Waals surface area (Å²) in [6.07, 6.45) is 3.21. The molecule has 0 unspecified atom stereocenters. The molecule has 0 bridgehead atoms. The lowest BCUT2D eigenvalue weighted by molar-refractivity contribution is -0.121. The molecule has 94 valence electrons. The Morgan fingerprint density at radius 2 is 2.24 bits per heavy atom. The van der Waals surface area contributed by atoms with Crippen LogP contribution in [-0.2, 0) is 11.3 Å². The molecule has 6 heteroatoms. The van der Waals surface area contributed by atoms with Crippen molar-refractivity contribution < 1.29 is 14.7 Å². The van der Waals surface area contributed by atoms with Crippen molar-refractivity contribution in [3.8, 4) is 0 Å². The van der Waals surface area contributed by atoms with Gasteiger partial charge in [-0.25, -0.2) is 4.79 Å². The van der Waals surface area contributed by atoms with Crippen LogP contribution in [0.4, 0.5) is 0 Å². The van der Waals surface area contributed by atoms with Gasteiger partial charge in [0.25, 0.3) is 0 Å². The Morgan fingerprint density at radius 3 is 2.76 bits per heavy atom. The van der Waals surface area contributed by atoms with E-state index in [0.29, 0.717) is 12.2 Å². The quantitative estimate of drug-likeness (QED) is 0.719. The maximum absolute atomic E-state index is 11.5. The molecule has 0 spiro atoms. The van der Waals surface area contributed by atoms with E-state index in [0.717, 1.165) is 12.8 Å². The van der Waals surface area contributed by atoms with Crippen molar-refractivity contribution in [2.45, 2.75) is 33.2 Å². The second-order valence-electron chi connectivity index (χ2n) is 3.81. The van der Waals surface area contributed by atoms with E-state index >= 15 is 0 Å². The molecule has 17 heavy (non-hydrogen) atoms. The third kappa shape index (κ3) is 3.58. The largest absolute Gasteiger partial charge is 0.478 e. The Kier molecular flexibility index (Phi) is 4.68. The lowest BCUT2D eigenvalue weighted by Gasteiger charge is -2.06. The Balaban J connectivity index is 2.57. The van der Waals surface area contributed by atoms with Gasteiger partial charge in [0.15, 0.2) is 0 Å². The normalized spacial score (nSPS) is 10.2. The van der Waals surface area contributed by atoms with Crippen molar-refractivity contribution in [3.63, 3.8) is 0 Å². The van der Waals surface area contributed by atoms with Crippen LogP contribution in [0.2, 0.25) is 0 Å². The first-order chi connectivity index (χ1) is 8.06. The maximum Gasteiger partial charge on any atom is 0.339 e. The number of nitrogens with one attached hydrogen (secondary N) is 1. The summed E-state index contributed by atoms with van der Waals surface area (Å²) in [6.45, 7) is 4.38. The second kappa shape index (κ2) is 6.03. The highest BCUT2D eigenvalue weighted by atomic mass is 16.4. The summed E-state index contributed by atoms with van der Waals surface area (Å²) in [7, 11) is 0. The highest BCUT2D eigenvalue weighted by Crippen LogP contribution is 2.06. The number of hydrogen-bond donors (Lipinski definition) is 2. The Labute approximate surface area is 99.6 Å². The molecule has 1 rings (SSSR count). The fourth-order valence-corrected chi connectivity index (χ4v) is 1.41. The van der Waals surface area contributed by atoms with E-state index in [4.69, 9.17) is 5.11 Å². The number of amides is 1. The van der Waals surface area contributed by atoms with Gasteiger partial charge in [0.05, 0.1) is 11.9 Å². The van der Waals surface area contributed by atoms with Crippen LogP contribution in [0.5, 0.6) is 0 Å².